The van der Waals surface area contributed by atoms with Crippen molar-refractivity contribution in [2.45, 2.75) is 25.6 Å². The normalized spacial score (nSPS) is 12.1. The van der Waals surface area contributed by atoms with Gasteiger partial charge in [-0.25, -0.2) is 19.3 Å². The third-order valence-corrected chi connectivity index (χ3v) is 6.41. The number of nitrogens with two attached hydrogens (primary N) is 1. The molecule has 0 aliphatic rings. The molecule has 0 spiro atoms. The molecule has 0 bridgehead atoms. The van der Waals surface area contributed by atoms with E-state index in [4.69, 9.17) is 10.8 Å². The molecule has 43 heavy (non-hydrogen) atoms. The minimum atomic E-state index is -1.11. The Morgan fingerprint density at radius 3 is 2.47 bits per heavy atom. The molecule has 0 saturated carbocycles. The molecule has 220 valence electrons. The lowest BCUT2D eigenvalue weighted by molar-refractivity contribution is 0.0799. The van der Waals surface area contributed by atoms with Gasteiger partial charge in [0.25, 0.3) is 11.8 Å². The second-order valence-electron chi connectivity index (χ2n) is 9.56. The van der Waals surface area contributed by atoms with Gasteiger partial charge in [0, 0.05) is 24.8 Å². The summed E-state index contributed by atoms with van der Waals surface area (Å²) >= 11 is 0. The molecule has 2 aromatic carbocycles. The Hall–Kier alpha value is -5.45. The number of aromatic nitrogens is 3. The zero-order valence-electron chi connectivity index (χ0n) is 23.1. The highest BCUT2D eigenvalue weighted by molar-refractivity contribution is 5.99. The number of aliphatic hydroxyl groups excluding tert-OH is 2. The van der Waals surface area contributed by atoms with Gasteiger partial charge >= 0.3 is 0 Å². The average Bonchev–Trinajstić information content (AvgIpc) is 3.03. The first-order chi connectivity index (χ1) is 20.7. The quantitative estimate of drug-likeness (QED) is 0.152. The first kappa shape index (κ1) is 30.5. The standard InChI is InChI=1S/C30H29FN8O4/c1-17(20-6-8-22(31)9-7-20)38-29(42)24-10-19(11-32)13-36-28(24)35-12-18-2-4-21(5-3-18)25-15-34-27(33)26(39-25)30(43)37-14-23(41)16-40/h2-10,13,15,17,23,40-41H,12,14,16H2,1H3,(H2,33,34)(H,35,36)(H,37,43)(H,38,42). The van der Waals surface area contributed by atoms with E-state index in [1.165, 1.54) is 30.6 Å². The molecule has 4 rings (SSSR count). The molecule has 12 nitrogen and oxygen atoms in total. The number of rotatable bonds is 11. The van der Waals surface area contributed by atoms with Crippen LogP contribution in [0.5, 0.6) is 0 Å². The highest BCUT2D eigenvalue weighted by atomic mass is 19.1. The second kappa shape index (κ2) is 13.9. The molecule has 0 aliphatic heterocycles. The Balaban J connectivity index is 1.45. The van der Waals surface area contributed by atoms with Crippen molar-refractivity contribution in [1.29, 1.82) is 5.26 Å². The van der Waals surface area contributed by atoms with Gasteiger partial charge in [0.15, 0.2) is 11.5 Å². The summed E-state index contributed by atoms with van der Waals surface area (Å²) in [5.74, 6) is -1.27. The monoisotopic (exact) mass is 584 g/mol. The first-order valence-corrected chi connectivity index (χ1v) is 13.2. The van der Waals surface area contributed by atoms with Crippen LogP contribution in [-0.2, 0) is 6.54 Å². The van der Waals surface area contributed by atoms with Crippen LogP contribution in [0.4, 0.5) is 16.0 Å². The van der Waals surface area contributed by atoms with Crippen LogP contribution in [-0.4, -0.2) is 56.2 Å². The molecule has 2 heterocycles. The van der Waals surface area contributed by atoms with E-state index < -0.39 is 30.6 Å². The van der Waals surface area contributed by atoms with Crippen LogP contribution < -0.4 is 21.7 Å². The number of nitrogen functional groups attached to an aromatic ring is 1. The fourth-order valence-electron chi connectivity index (χ4n) is 3.99. The Morgan fingerprint density at radius 1 is 1.07 bits per heavy atom. The SMILES string of the molecule is CC(NC(=O)c1cc(C#N)cnc1NCc1ccc(-c2cnc(N)c(C(=O)NCC(O)CO)n2)cc1)c1ccc(F)cc1. The molecule has 2 amide bonds. The Kier molecular flexibility index (Phi) is 9.89. The summed E-state index contributed by atoms with van der Waals surface area (Å²) in [4.78, 5) is 38.2. The maximum atomic E-state index is 13.3. The van der Waals surface area contributed by atoms with Gasteiger partial charge in [-0.15, -0.1) is 0 Å². The van der Waals surface area contributed by atoms with E-state index in [0.717, 1.165) is 5.56 Å². The van der Waals surface area contributed by atoms with Crippen LogP contribution in [0.1, 0.15) is 50.5 Å². The van der Waals surface area contributed by atoms with Gasteiger partial charge in [-0.3, -0.25) is 9.59 Å². The number of halogens is 1. The number of aliphatic hydroxyl groups is 2. The molecule has 0 aliphatic carbocycles. The summed E-state index contributed by atoms with van der Waals surface area (Å²) in [5.41, 5.74) is 8.71. The summed E-state index contributed by atoms with van der Waals surface area (Å²) in [6.45, 7) is 1.38. The molecule has 2 aromatic heterocycles. The van der Waals surface area contributed by atoms with Gasteiger partial charge in [-0.1, -0.05) is 36.4 Å². The molecule has 13 heteroatoms. The predicted octanol–water partition coefficient (Wildman–Crippen LogP) is 2.32. The van der Waals surface area contributed by atoms with Crippen LogP contribution >= 0.6 is 0 Å². The second-order valence-corrected chi connectivity index (χ2v) is 9.56. The number of hydrogen-bond acceptors (Lipinski definition) is 10. The zero-order chi connectivity index (χ0) is 30.9. The first-order valence-electron chi connectivity index (χ1n) is 13.2. The number of nitrogens with one attached hydrogen (secondary N) is 3. The summed E-state index contributed by atoms with van der Waals surface area (Å²) in [6.07, 6.45) is 1.68. The number of pyridine rings is 1. The molecule has 4 aromatic rings. The van der Waals surface area contributed by atoms with E-state index in [1.54, 1.807) is 31.2 Å². The number of hydrogen-bond donors (Lipinski definition) is 6. The van der Waals surface area contributed by atoms with Crippen LogP contribution in [0.3, 0.4) is 0 Å². The molecular weight excluding hydrogens is 555 g/mol. The van der Waals surface area contributed by atoms with Crippen LogP contribution in [0, 0.1) is 17.1 Å². The summed E-state index contributed by atoms with van der Waals surface area (Å²) < 4.78 is 13.3. The molecule has 0 radical (unpaired) electrons. The smallest absolute Gasteiger partial charge is 0.273 e. The summed E-state index contributed by atoms with van der Waals surface area (Å²) in [7, 11) is 0. The van der Waals surface area contributed by atoms with E-state index in [-0.39, 0.29) is 40.8 Å². The van der Waals surface area contributed by atoms with Crippen molar-refractivity contribution in [3.63, 3.8) is 0 Å². The summed E-state index contributed by atoms with van der Waals surface area (Å²) in [6, 6.07) is 16.0. The lowest BCUT2D eigenvalue weighted by Gasteiger charge is -2.16. The fourth-order valence-corrected chi connectivity index (χ4v) is 3.99. The van der Waals surface area contributed by atoms with Gasteiger partial charge in [-0.05, 0) is 36.2 Å². The van der Waals surface area contributed by atoms with Crippen molar-refractivity contribution in [2.24, 2.45) is 0 Å². The fraction of sp³-hybridized carbons (Fsp3) is 0.200. The molecule has 2 atom stereocenters. The molecule has 7 N–H and O–H groups in total. The van der Waals surface area contributed by atoms with Crippen molar-refractivity contribution in [3.05, 3.63) is 101 Å². The Labute approximate surface area is 246 Å². The number of nitrogens with zero attached hydrogens (tertiary/aromatic N) is 4. The van der Waals surface area contributed by atoms with E-state index >= 15 is 0 Å². The third kappa shape index (κ3) is 7.85. The largest absolute Gasteiger partial charge is 0.394 e. The van der Waals surface area contributed by atoms with E-state index in [1.807, 2.05) is 18.2 Å². The number of carbonyl (C=O) groups excluding carboxylic acids is 2. The van der Waals surface area contributed by atoms with E-state index in [2.05, 4.69) is 30.9 Å². The van der Waals surface area contributed by atoms with Crippen LogP contribution in [0.2, 0.25) is 0 Å². The van der Waals surface area contributed by atoms with Crippen molar-refractivity contribution < 1.29 is 24.2 Å². The van der Waals surface area contributed by atoms with Gasteiger partial charge in [0.1, 0.15) is 17.7 Å². The zero-order valence-corrected chi connectivity index (χ0v) is 23.1. The summed E-state index contributed by atoms with van der Waals surface area (Å²) in [5, 5.41) is 36.2. The number of anilines is 2. The molecule has 0 saturated heterocycles. The Morgan fingerprint density at radius 2 is 1.79 bits per heavy atom. The Bertz CT molecular complexity index is 1640. The maximum absolute atomic E-state index is 13.3. The number of amides is 2. The molecule has 0 fully saturated rings. The average molecular weight is 585 g/mol. The number of nitriles is 1. The van der Waals surface area contributed by atoms with E-state index in [9.17, 15) is 24.3 Å². The number of benzene rings is 2. The minimum absolute atomic E-state index is 0.0811. The van der Waals surface area contributed by atoms with Crippen molar-refractivity contribution >= 4 is 23.5 Å². The van der Waals surface area contributed by atoms with Crippen molar-refractivity contribution in [2.75, 3.05) is 24.2 Å². The highest BCUT2D eigenvalue weighted by Gasteiger charge is 2.18. The lowest BCUT2D eigenvalue weighted by atomic mass is 10.1. The van der Waals surface area contributed by atoms with Gasteiger partial charge < -0.3 is 31.9 Å². The van der Waals surface area contributed by atoms with Gasteiger partial charge in [0.05, 0.1) is 41.8 Å². The highest BCUT2D eigenvalue weighted by Crippen LogP contribution is 2.22. The lowest BCUT2D eigenvalue weighted by Crippen LogP contribution is -2.34. The van der Waals surface area contributed by atoms with Crippen molar-refractivity contribution in [1.82, 2.24) is 25.6 Å². The van der Waals surface area contributed by atoms with Gasteiger partial charge in [-0.2, -0.15) is 5.26 Å². The van der Waals surface area contributed by atoms with Crippen LogP contribution in [0.25, 0.3) is 11.3 Å². The topological polar surface area (TPSA) is 199 Å². The van der Waals surface area contributed by atoms with E-state index in [0.29, 0.717) is 23.4 Å². The van der Waals surface area contributed by atoms with Crippen molar-refractivity contribution in [3.8, 4) is 17.3 Å². The predicted molar refractivity (Wildman–Crippen MR) is 156 cm³/mol. The van der Waals surface area contributed by atoms with Crippen LogP contribution in [0.15, 0.2) is 67.0 Å². The number of carbonyl (C=O) groups is 2. The maximum Gasteiger partial charge on any atom is 0.273 e. The minimum Gasteiger partial charge on any atom is -0.394 e. The molecular formula is C30H29FN8O4. The van der Waals surface area contributed by atoms with Gasteiger partial charge in [0.2, 0.25) is 0 Å². The third-order valence-electron chi connectivity index (χ3n) is 6.41. The molecule has 2 unspecified atom stereocenters.